The second kappa shape index (κ2) is 4.18. The molecule has 0 saturated heterocycles. The number of primary sulfonamides is 1. The van der Waals surface area contributed by atoms with Crippen LogP contribution >= 0.6 is 0 Å². The van der Waals surface area contributed by atoms with Crippen LogP contribution in [0.4, 0.5) is 5.69 Å². The Morgan fingerprint density at radius 1 is 1.50 bits per heavy atom. The molecule has 0 radical (unpaired) electrons. The number of nitrogens with zero attached hydrogens (tertiary/aromatic N) is 3. The molecule has 0 fully saturated rings. The molecule has 9 heteroatoms. The standard InChI is InChI=1S/C7H12N4O4S/c1-5-7(11(12)13)6(2)10(9-5)3-4-16(8,14)15/h3-4H2,1-2H3,(H2,8,14,15). The first-order valence-electron chi connectivity index (χ1n) is 4.41. The van der Waals surface area contributed by atoms with Crippen LogP contribution in [0.1, 0.15) is 11.4 Å². The van der Waals surface area contributed by atoms with E-state index in [2.05, 4.69) is 5.10 Å². The number of rotatable bonds is 4. The minimum Gasteiger partial charge on any atom is -0.261 e. The van der Waals surface area contributed by atoms with E-state index in [1.54, 1.807) is 0 Å². The molecule has 0 aliphatic heterocycles. The zero-order valence-electron chi connectivity index (χ0n) is 8.87. The number of nitro groups is 1. The van der Waals surface area contributed by atoms with Crippen molar-refractivity contribution in [3.05, 3.63) is 21.5 Å². The van der Waals surface area contributed by atoms with Crippen LogP contribution < -0.4 is 5.14 Å². The van der Waals surface area contributed by atoms with Crippen molar-refractivity contribution >= 4 is 15.7 Å². The Kier molecular flexibility index (Phi) is 3.29. The maximum absolute atomic E-state index is 10.7. The summed E-state index contributed by atoms with van der Waals surface area (Å²) in [6.07, 6.45) is 0. The van der Waals surface area contributed by atoms with Gasteiger partial charge in [-0.25, -0.2) is 13.6 Å². The normalized spacial score (nSPS) is 11.7. The van der Waals surface area contributed by atoms with Gasteiger partial charge in [0.1, 0.15) is 11.4 Å². The minimum absolute atomic E-state index is 0.0132. The summed E-state index contributed by atoms with van der Waals surface area (Å²) in [6.45, 7) is 3.03. The fourth-order valence-electron chi connectivity index (χ4n) is 1.38. The van der Waals surface area contributed by atoms with Gasteiger partial charge in [-0.1, -0.05) is 0 Å². The quantitative estimate of drug-likeness (QED) is 0.579. The zero-order valence-corrected chi connectivity index (χ0v) is 9.69. The fraction of sp³-hybridized carbons (Fsp3) is 0.571. The van der Waals surface area contributed by atoms with Crippen molar-refractivity contribution in [2.24, 2.45) is 5.14 Å². The van der Waals surface area contributed by atoms with E-state index in [0.717, 1.165) is 0 Å². The Balaban J connectivity index is 3.00. The monoisotopic (exact) mass is 248 g/mol. The third kappa shape index (κ3) is 2.76. The number of hydrogen-bond acceptors (Lipinski definition) is 5. The predicted molar refractivity (Wildman–Crippen MR) is 56.3 cm³/mol. The molecule has 0 amide bonds. The average Bonchev–Trinajstić information content (AvgIpc) is 2.36. The average molecular weight is 248 g/mol. The van der Waals surface area contributed by atoms with Crippen LogP contribution in [-0.4, -0.2) is 28.9 Å². The van der Waals surface area contributed by atoms with Crippen LogP contribution in [0.5, 0.6) is 0 Å². The van der Waals surface area contributed by atoms with Gasteiger partial charge in [-0.05, 0) is 13.8 Å². The molecule has 1 rings (SSSR count). The SMILES string of the molecule is Cc1nn(CCS(N)(=O)=O)c(C)c1[N+](=O)[O-]. The highest BCUT2D eigenvalue weighted by atomic mass is 32.2. The third-order valence-electron chi connectivity index (χ3n) is 2.11. The molecular formula is C7H12N4O4S. The second-order valence-electron chi connectivity index (χ2n) is 3.37. The summed E-state index contributed by atoms with van der Waals surface area (Å²) in [4.78, 5) is 10.1. The van der Waals surface area contributed by atoms with E-state index in [9.17, 15) is 18.5 Å². The van der Waals surface area contributed by atoms with Crippen molar-refractivity contribution < 1.29 is 13.3 Å². The van der Waals surface area contributed by atoms with Gasteiger partial charge in [0.05, 0.1) is 17.2 Å². The van der Waals surface area contributed by atoms with Gasteiger partial charge in [0, 0.05) is 0 Å². The number of hydrogen-bond donors (Lipinski definition) is 1. The molecule has 0 atom stereocenters. The molecule has 0 bridgehead atoms. The minimum atomic E-state index is -3.59. The summed E-state index contributed by atoms with van der Waals surface area (Å²) in [5, 5.41) is 19.4. The number of sulfonamides is 1. The third-order valence-corrected chi connectivity index (χ3v) is 2.87. The van der Waals surface area contributed by atoms with E-state index < -0.39 is 14.9 Å². The number of aromatic nitrogens is 2. The van der Waals surface area contributed by atoms with Crippen molar-refractivity contribution in [3.63, 3.8) is 0 Å². The lowest BCUT2D eigenvalue weighted by molar-refractivity contribution is -0.386. The maximum Gasteiger partial charge on any atom is 0.312 e. The van der Waals surface area contributed by atoms with E-state index in [4.69, 9.17) is 5.14 Å². The van der Waals surface area contributed by atoms with Gasteiger partial charge in [0.15, 0.2) is 0 Å². The van der Waals surface area contributed by atoms with E-state index in [0.29, 0.717) is 5.69 Å². The Morgan fingerprint density at radius 3 is 2.44 bits per heavy atom. The molecule has 16 heavy (non-hydrogen) atoms. The lowest BCUT2D eigenvalue weighted by Crippen LogP contribution is -2.21. The van der Waals surface area contributed by atoms with Crippen molar-refractivity contribution in [1.29, 1.82) is 0 Å². The smallest absolute Gasteiger partial charge is 0.261 e. The van der Waals surface area contributed by atoms with Crippen LogP contribution in [0.2, 0.25) is 0 Å². The molecule has 0 saturated carbocycles. The topological polar surface area (TPSA) is 121 Å². The molecule has 0 spiro atoms. The molecular weight excluding hydrogens is 236 g/mol. The number of nitrogens with two attached hydrogens (primary N) is 1. The summed E-state index contributed by atoms with van der Waals surface area (Å²) >= 11 is 0. The first-order valence-corrected chi connectivity index (χ1v) is 6.13. The molecule has 0 aromatic carbocycles. The molecule has 0 aliphatic carbocycles. The molecule has 90 valence electrons. The van der Waals surface area contributed by atoms with Crippen LogP contribution in [0.3, 0.4) is 0 Å². The molecule has 2 N–H and O–H groups in total. The summed E-state index contributed by atoms with van der Waals surface area (Å²) in [5.74, 6) is -0.299. The summed E-state index contributed by atoms with van der Waals surface area (Å²) in [6, 6.07) is 0. The van der Waals surface area contributed by atoms with Crippen LogP contribution in [-0.2, 0) is 16.6 Å². The lowest BCUT2D eigenvalue weighted by Gasteiger charge is -2.01. The second-order valence-corrected chi connectivity index (χ2v) is 5.10. The van der Waals surface area contributed by atoms with Crippen LogP contribution in [0.25, 0.3) is 0 Å². The Hall–Kier alpha value is -1.48. The highest BCUT2D eigenvalue weighted by Gasteiger charge is 2.21. The highest BCUT2D eigenvalue weighted by molar-refractivity contribution is 7.89. The Bertz CT molecular complexity index is 519. The van der Waals surface area contributed by atoms with E-state index >= 15 is 0 Å². The molecule has 0 aliphatic rings. The van der Waals surface area contributed by atoms with Gasteiger partial charge in [0.2, 0.25) is 10.0 Å². The first kappa shape index (κ1) is 12.6. The van der Waals surface area contributed by atoms with Crippen molar-refractivity contribution in [3.8, 4) is 0 Å². The molecule has 0 unspecified atom stereocenters. The first-order chi connectivity index (χ1) is 7.22. The van der Waals surface area contributed by atoms with Crippen molar-refractivity contribution in [1.82, 2.24) is 9.78 Å². The molecule has 8 nitrogen and oxygen atoms in total. The van der Waals surface area contributed by atoms with E-state index in [1.807, 2.05) is 0 Å². The van der Waals surface area contributed by atoms with E-state index in [-0.39, 0.29) is 23.7 Å². The van der Waals surface area contributed by atoms with Gasteiger partial charge in [-0.3, -0.25) is 14.8 Å². The fourth-order valence-corrected chi connectivity index (χ4v) is 1.81. The van der Waals surface area contributed by atoms with Gasteiger partial charge in [0.25, 0.3) is 0 Å². The molecule has 1 aromatic heterocycles. The largest absolute Gasteiger partial charge is 0.312 e. The number of aryl methyl sites for hydroxylation is 2. The van der Waals surface area contributed by atoms with Crippen molar-refractivity contribution in [2.75, 3.05) is 5.75 Å². The van der Waals surface area contributed by atoms with Gasteiger partial charge in [-0.15, -0.1) is 0 Å². The highest BCUT2D eigenvalue weighted by Crippen LogP contribution is 2.21. The lowest BCUT2D eigenvalue weighted by atomic mass is 10.3. The Labute approximate surface area is 92.3 Å². The van der Waals surface area contributed by atoms with Crippen molar-refractivity contribution in [2.45, 2.75) is 20.4 Å². The Morgan fingerprint density at radius 2 is 2.06 bits per heavy atom. The van der Waals surface area contributed by atoms with Gasteiger partial charge < -0.3 is 0 Å². The maximum atomic E-state index is 10.7. The van der Waals surface area contributed by atoms with Crippen LogP contribution in [0, 0.1) is 24.0 Å². The van der Waals surface area contributed by atoms with Gasteiger partial charge in [-0.2, -0.15) is 5.10 Å². The predicted octanol–water partition coefficient (Wildman–Crippen LogP) is -0.303. The summed E-state index contributed by atoms with van der Waals surface area (Å²) in [5.41, 5.74) is 0.498. The van der Waals surface area contributed by atoms with E-state index in [1.165, 1.54) is 18.5 Å². The molecule has 1 aromatic rings. The summed E-state index contributed by atoms with van der Waals surface area (Å²) < 4.78 is 22.8. The summed E-state index contributed by atoms with van der Waals surface area (Å²) in [7, 11) is -3.59. The molecule has 1 heterocycles. The van der Waals surface area contributed by atoms with Gasteiger partial charge >= 0.3 is 5.69 Å². The van der Waals surface area contributed by atoms with Crippen LogP contribution in [0.15, 0.2) is 0 Å². The zero-order chi connectivity index (χ0) is 12.5.